The lowest BCUT2D eigenvalue weighted by atomic mass is 10.3. The van der Waals surface area contributed by atoms with Gasteiger partial charge in [0.05, 0.1) is 19.8 Å². The quantitative estimate of drug-likeness (QED) is 0.466. The van der Waals surface area contributed by atoms with E-state index in [0.717, 1.165) is 13.1 Å². The molecule has 0 atom stereocenters. The first kappa shape index (κ1) is 17.0. The van der Waals surface area contributed by atoms with Crippen molar-refractivity contribution < 1.29 is 4.74 Å². The maximum atomic E-state index is 12.0. The molecule has 2 N–H and O–H groups in total. The highest BCUT2D eigenvalue weighted by atomic mass is 127. The maximum absolute atomic E-state index is 12.0. The van der Waals surface area contributed by atoms with Gasteiger partial charge in [-0.05, 0) is 13.0 Å². The molecule has 0 aliphatic carbocycles. The van der Waals surface area contributed by atoms with Gasteiger partial charge in [0.1, 0.15) is 0 Å². The van der Waals surface area contributed by atoms with Crippen LogP contribution in [0.4, 0.5) is 0 Å². The van der Waals surface area contributed by atoms with Crippen molar-refractivity contribution in [1.29, 1.82) is 0 Å². The van der Waals surface area contributed by atoms with Crippen molar-refractivity contribution in [3.8, 4) is 0 Å². The Labute approximate surface area is 135 Å². The largest absolute Gasteiger partial charge is 0.378 e. The molecule has 20 heavy (non-hydrogen) atoms. The molecular weight excluding hydrogens is 371 g/mol. The second kappa shape index (κ2) is 8.25. The van der Waals surface area contributed by atoms with Crippen molar-refractivity contribution in [2.75, 3.05) is 26.3 Å². The number of nitrogens with two attached hydrogens (primary N) is 1. The fourth-order valence-corrected chi connectivity index (χ4v) is 2.01. The minimum Gasteiger partial charge on any atom is -0.378 e. The SMILES string of the molecule is CCn1cccc(CN=C(N)N2CCOCC2)c1=O.I. The average Bonchev–Trinajstić information content (AvgIpc) is 2.47. The van der Waals surface area contributed by atoms with Crippen molar-refractivity contribution in [3.63, 3.8) is 0 Å². The molecule has 1 fully saturated rings. The molecule has 0 aromatic carbocycles. The van der Waals surface area contributed by atoms with E-state index < -0.39 is 0 Å². The van der Waals surface area contributed by atoms with E-state index >= 15 is 0 Å². The van der Waals surface area contributed by atoms with Crippen LogP contribution >= 0.6 is 24.0 Å². The van der Waals surface area contributed by atoms with Gasteiger partial charge in [0.2, 0.25) is 0 Å². The molecule has 0 radical (unpaired) electrons. The summed E-state index contributed by atoms with van der Waals surface area (Å²) in [5, 5.41) is 0. The first-order chi connectivity index (χ1) is 9.22. The number of aryl methyl sites for hydroxylation is 1. The summed E-state index contributed by atoms with van der Waals surface area (Å²) in [5.74, 6) is 0.481. The van der Waals surface area contributed by atoms with E-state index in [-0.39, 0.29) is 29.5 Å². The van der Waals surface area contributed by atoms with Gasteiger partial charge in [0.25, 0.3) is 5.56 Å². The molecule has 1 aromatic heterocycles. The van der Waals surface area contributed by atoms with Crippen LogP contribution in [0.2, 0.25) is 0 Å². The van der Waals surface area contributed by atoms with E-state index in [2.05, 4.69) is 4.99 Å². The number of guanidine groups is 1. The molecular formula is C13H21IN4O2. The van der Waals surface area contributed by atoms with Crippen molar-refractivity contribution in [1.82, 2.24) is 9.47 Å². The number of halogens is 1. The minimum absolute atomic E-state index is 0. The van der Waals surface area contributed by atoms with Gasteiger partial charge < -0.3 is 19.9 Å². The predicted octanol–water partition coefficient (Wildman–Crippen LogP) is 0.633. The molecule has 1 aliphatic heterocycles. The fraction of sp³-hybridized carbons (Fsp3) is 0.538. The molecule has 0 unspecified atom stereocenters. The monoisotopic (exact) mass is 392 g/mol. The van der Waals surface area contributed by atoms with E-state index in [9.17, 15) is 4.79 Å². The summed E-state index contributed by atoms with van der Waals surface area (Å²) in [6.45, 7) is 5.77. The van der Waals surface area contributed by atoms with Crippen LogP contribution in [-0.4, -0.2) is 41.7 Å². The van der Waals surface area contributed by atoms with Gasteiger partial charge in [-0.25, -0.2) is 4.99 Å². The lowest BCUT2D eigenvalue weighted by Crippen LogP contribution is -2.44. The summed E-state index contributed by atoms with van der Waals surface area (Å²) < 4.78 is 6.92. The molecule has 0 saturated carbocycles. The second-order valence-electron chi connectivity index (χ2n) is 4.40. The Kier molecular flexibility index (Phi) is 7.00. The van der Waals surface area contributed by atoms with E-state index in [0.29, 0.717) is 37.8 Å². The molecule has 1 aromatic rings. The zero-order valence-corrected chi connectivity index (χ0v) is 13.9. The van der Waals surface area contributed by atoms with Gasteiger partial charge in [0, 0.05) is 31.4 Å². The Bertz CT molecular complexity index is 509. The van der Waals surface area contributed by atoms with Crippen molar-refractivity contribution in [2.24, 2.45) is 10.7 Å². The molecule has 1 aliphatic rings. The first-order valence-corrected chi connectivity index (χ1v) is 6.53. The number of hydrogen-bond acceptors (Lipinski definition) is 3. The van der Waals surface area contributed by atoms with Gasteiger partial charge in [-0.15, -0.1) is 24.0 Å². The van der Waals surface area contributed by atoms with Crippen LogP contribution in [0.25, 0.3) is 0 Å². The van der Waals surface area contributed by atoms with Crippen LogP contribution in [0.15, 0.2) is 28.1 Å². The topological polar surface area (TPSA) is 72.8 Å². The standard InChI is InChI=1S/C13H20N4O2.HI/c1-2-16-5-3-4-11(12(16)18)10-15-13(14)17-6-8-19-9-7-17;/h3-5H,2,6-10H2,1H3,(H2,14,15);1H. The smallest absolute Gasteiger partial charge is 0.255 e. The van der Waals surface area contributed by atoms with Crippen LogP contribution in [0.3, 0.4) is 0 Å². The molecule has 7 heteroatoms. The first-order valence-electron chi connectivity index (χ1n) is 6.53. The van der Waals surface area contributed by atoms with Crippen LogP contribution in [0.5, 0.6) is 0 Å². The summed E-state index contributed by atoms with van der Waals surface area (Å²) in [5.41, 5.74) is 6.60. The third-order valence-electron chi connectivity index (χ3n) is 3.19. The number of aromatic nitrogens is 1. The summed E-state index contributed by atoms with van der Waals surface area (Å²) >= 11 is 0. The molecule has 2 rings (SSSR count). The second-order valence-corrected chi connectivity index (χ2v) is 4.40. The number of rotatable bonds is 3. The Balaban J connectivity index is 0.00000200. The summed E-state index contributed by atoms with van der Waals surface area (Å²) in [6.07, 6.45) is 1.78. The number of pyridine rings is 1. The van der Waals surface area contributed by atoms with Gasteiger partial charge in [-0.2, -0.15) is 0 Å². The lowest BCUT2D eigenvalue weighted by Gasteiger charge is -2.27. The third-order valence-corrected chi connectivity index (χ3v) is 3.19. The van der Waals surface area contributed by atoms with Gasteiger partial charge >= 0.3 is 0 Å². The molecule has 112 valence electrons. The number of hydrogen-bond donors (Lipinski definition) is 1. The van der Waals surface area contributed by atoms with Gasteiger partial charge in [0.15, 0.2) is 5.96 Å². The van der Waals surface area contributed by atoms with E-state index in [1.807, 2.05) is 17.9 Å². The molecule has 0 amide bonds. The lowest BCUT2D eigenvalue weighted by molar-refractivity contribution is 0.0674. The number of aliphatic imine (C=N–C) groups is 1. The number of ether oxygens (including phenoxy) is 1. The molecule has 2 heterocycles. The third kappa shape index (κ3) is 4.20. The van der Waals surface area contributed by atoms with Crippen LogP contribution in [0.1, 0.15) is 12.5 Å². The summed E-state index contributed by atoms with van der Waals surface area (Å²) in [7, 11) is 0. The molecule has 0 bridgehead atoms. The van der Waals surface area contributed by atoms with Crippen molar-refractivity contribution in [2.45, 2.75) is 20.0 Å². The molecule has 0 spiro atoms. The average molecular weight is 392 g/mol. The maximum Gasteiger partial charge on any atom is 0.255 e. The van der Waals surface area contributed by atoms with E-state index in [4.69, 9.17) is 10.5 Å². The Morgan fingerprint density at radius 2 is 2.15 bits per heavy atom. The Morgan fingerprint density at radius 1 is 1.45 bits per heavy atom. The van der Waals surface area contributed by atoms with Crippen molar-refractivity contribution >= 4 is 29.9 Å². The minimum atomic E-state index is 0. The zero-order chi connectivity index (χ0) is 13.7. The molecule has 1 saturated heterocycles. The van der Waals surface area contributed by atoms with Crippen molar-refractivity contribution in [3.05, 3.63) is 34.2 Å². The Hall–Kier alpha value is -1.09. The van der Waals surface area contributed by atoms with Gasteiger partial charge in [-0.3, -0.25) is 4.79 Å². The van der Waals surface area contributed by atoms with Crippen LogP contribution < -0.4 is 11.3 Å². The number of nitrogens with zero attached hydrogens (tertiary/aromatic N) is 3. The fourth-order valence-electron chi connectivity index (χ4n) is 2.01. The zero-order valence-electron chi connectivity index (χ0n) is 11.6. The predicted molar refractivity (Wildman–Crippen MR) is 89.5 cm³/mol. The number of morpholine rings is 1. The molecule has 6 nitrogen and oxygen atoms in total. The van der Waals surface area contributed by atoms with E-state index in [1.165, 1.54) is 0 Å². The summed E-state index contributed by atoms with van der Waals surface area (Å²) in [6, 6.07) is 3.66. The normalized spacial score (nSPS) is 15.8. The van der Waals surface area contributed by atoms with Crippen LogP contribution in [-0.2, 0) is 17.8 Å². The summed E-state index contributed by atoms with van der Waals surface area (Å²) in [4.78, 5) is 18.3. The highest BCUT2D eigenvalue weighted by Gasteiger charge is 2.12. The Morgan fingerprint density at radius 3 is 2.80 bits per heavy atom. The van der Waals surface area contributed by atoms with Gasteiger partial charge in [-0.1, -0.05) is 6.07 Å². The highest BCUT2D eigenvalue weighted by molar-refractivity contribution is 14.0. The van der Waals surface area contributed by atoms with Crippen LogP contribution in [0, 0.1) is 0 Å². The van der Waals surface area contributed by atoms with E-state index in [1.54, 1.807) is 16.8 Å². The highest BCUT2D eigenvalue weighted by Crippen LogP contribution is 1.99.